The van der Waals surface area contributed by atoms with Gasteiger partial charge in [0.05, 0.1) is 11.5 Å². The van der Waals surface area contributed by atoms with Crippen molar-refractivity contribution in [1.29, 1.82) is 0 Å². The Morgan fingerprint density at radius 1 is 1.43 bits per heavy atom. The molecule has 0 saturated heterocycles. The fourth-order valence-corrected chi connectivity index (χ4v) is 2.66. The number of aliphatic hydroxyl groups is 1. The van der Waals surface area contributed by atoms with Crippen LogP contribution in [-0.4, -0.2) is 11.4 Å². The van der Waals surface area contributed by atoms with Crippen molar-refractivity contribution < 1.29 is 9.90 Å². The second kappa shape index (κ2) is 3.73. The Kier molecular flexibility index (Phi) is 2.58. The van der Waals surface area contributed by atoms with Crippen LogP contribution in [0.5, 0.6) is 0 Å². The molecule has 14 heavy (non-hydrogen) atoms. The van der Waals surface area contributed by atoms with Gasteiger partial charge in [0, 0.05) is 9.60 Å². The Morgan fingerprint density at radius 2 is 2.21 bits per heavy atom. The average Bonchev–Trinajstić information content (AvgIpc) is 2.59. The first-order valence-electron chi connectivity index (χ1n) is 4.06. The van der Waals surface area contributed by atoms with Gasteiger partial charge in [-0.25, -0.2) is 0 Å². The number of aliphatic hydroxyl groups excluding tert-OH is 1. The molecule has 0 radical (unpaired) electrons. The van der Waals surface area contributed by atoms with Crippen molar-refractivity contribution in [2.24, 2.45) is 0 Å². The molecule has 72 valence electrons. The highest BCUT2D eigenvalue weighted by Crippen LogP contribution is 2.30. The lowest BCUT2D eigenvalue weighted by molar-refractivity contribution is 0.112. The topological polar surface area (TPSA) is 37.3 Å². The molecule has 0 unspecified atom stereocenters. The van der Waals surface area contributed by atoms with E-state index in [0.717, 1.165) is 26.8 Å². The number of rotatable bonds is 2. The van der Waals surface area contributed by atoms with Gasteiger partial charge in [0.2, 0.25) is 0 Å². The molecule has 1 aromatic carbocycles. The van der Waals surface area contributed by atoms with Crippen LogP contribution in [0, 0.1) is 0 Å². The Bertz CT molecular complexity index is 488. The summed E-state index contributed by atoms with van der Waals surface area (Å²) in [5, 5.41) is 10.1. The molecule has 0 fully saturated rings. The third-order valence-corrected chi connectivity index (χ3v) is 3.39. The molecule has 0 aliphatic rings. The van der Waals surface area contributed by atoms with Crippen LogP contribution in [-0.2, 0) is 6.61 Å². The molecule has 0 atom stereocenters. The van der Waals surface area contributed by atoms with E-state index >= 15 is 0 Å². The quantitative estimate of drug-likeness (QED) is 0.607. The molecule has 4 heteroatoms. The van der Waals surface area contributed by atoms with Gasteiger partial charge in [0.15, 0.2) is 6.29 Å². The Morgan fingerprint density at radius 3 is 2.86 bits per heavy atom. The molecule has 2 nitrogen and oxygen atoms in total. The SMILES string of the molecule is O=Cc1cc2cc(S)cc(CO)c2s1. The highest BCUT2D eigenvalue weighted by Gasteiger charge is 2.06. The average molecular weight is 224 g/mol. The molecule has 2 rings (SSSR count). The highest BCUT2D eigenvalue weighted by molar-refractivity contribution is 7.80. The fourth-order valence-electron chi connectivity index (χ4n) is 1.40. The highest BCUT2D eigenvalue weighted by atomic mass is 32.1. The molecule has 1 aromatic heterocycles. The molecule has 0 aliphatic carbocycles. The maximum Gasteiger partial charge on any atom is 0.160 e. The van der Waals surface area contributed by atoms with Crippen LogP contribution in [0.4, 0.5) is 0 Å². The van der Waals surface area contributed by atoms with Gasteiger partial charge < -0.3 is 5.11 Å². The van der Waals surface area contributed by atoms with E-state index in [1.165, 1.54) is 11.3 Å². The van der Waals surface area contributed by atoms with Crippen LogP contribution in [0.25, 0.3) is 10.1 Å². The number of thiol groups is 1. The zero-order valence-electron chi connectivity index (χ0n) is 7.23. The first kappa shape index (κ1) is 9.71. The predicted octanol–water partition coefficient (Wildman–Crippen LogP) is 2.49. The summed E-state index contributed by atoms with van der Waals surface area (Å²) < 4.78 is 0.965. The van der Waals surface area contributed by atoms with Gasteiger partial charge in [-0.15, -0.1) is 24.0 Å². The summed E-state index contributed by atoms with van der Waals surface area (Å²) in [4.78, 5) is 12.1. The Hall–Kier alpha value is -0.840. The number of fused-ring (bicyclic) bond motifs is 1. The number of thiophene rings is 1. The summed E-state index contributed by atoms with van der Waals surface area (Å²) in [6, 6.07) is 5.52. The molecule has 0 amide bonds. The van der Waals surface area contributed by atoms with Crippen molar-refractivity contribution in [3.63, 3.8) is 0 Å². The van der Waals surface area contributed by atoms with Gasteiger partial charge in [-0.3, -0.25) is 4.79 Å². The van der Waals surface area contributed by atoms with E-state index in [1.807, 2.05) is 18.2 Å². The number of hydrogen-bond donors (Lipinski definition) is 2. The summed E-state index contributed by atoms with van der Waals surface area (Å²) in [6.45, 7) is -0.0241. The van der Waals surface area contributed by atoms with Crippen LogP contribution in [0.15, 0.2) is 23.1 Å². The summed E-state index contributed by atoms with van der Waals surface area (Å²) in [6.07, 6.45) is 0.823. The summed E-state index contributed by atoms with van der Waals surface area (Å²) in [5.41, 5.74) is 0.825. The maximum absolute atomic E-state index is 10.6. The zero-order valence-corrected chi connectivity index (χ0v) is 8.94. The summed E-state index contributed by atoms with van der Waals surface area (Å²) in [5.74, 6) is 0. The van der Waals surface area contributed by atoms with Crippen molar-refractivity contribution >= 4 is 40.3 Å². The number of aldehydes is 1. The molecule has 0 spiro atoms. The summed E-state index contributed by atoms with van der Waals surface area (Å²) >= 11 is 5.62. The van der Waals surface area contributed by atoms with Crippen LogP contribution in [0.2, 0.25) is 0 Å². The van der Waals surface area contributed by atoms with Crippen molar-refractivity contribution in [1.82, 2.24) is 0 Å². The van der Waals surface area contributed by atoms with Crippen molar-refractivity contribution in [3.8, 4) is 0 Å². The third-order valence-electron chi connectivity index (χ3n) is 1.98. The van der Waals surface area contributed by atoms with Gasteiger partial charge in [-0.05, 0) is 29.1 Å². The van der Waals surface area contributed by atoms with E-state index in [2.05, 4.69) is 12.6 Å². The van der Waals surface area contributed by atoms with Crippen LogP contribution in [0.3, 0.4) is 0 Å². The standard InChI is InChI=1S/C10H8O2S2/c11-4-7-2-8(13)1-6-3-9(5-12)14-10(6)7/h1-3,5,11,13H,4H2. The lowest BCUT2D eigenvalue weighted by atomic mass is 10.2. The van der Waals surface area contributed by atoms with Crippen LogP contribution < -0.4 is 0 Å². The van der Waals surface area contributed by atoms with Gasteiger partial charge in [0.1, 0.15) is 0 Å². The van der Waals surface area contributed by atoms with Crippen molar-refractivity contribution in [3.05, 3.63) is 28.6 Å². The van der Waals surface area contributed by atoms with Gasteiger partial charge in [0.25, 0.3) is 0 Å². The largest absolute Gasteiger partial charge is 0.392 e. The Balaban J connectivity index is 2.77. The molecule has 0 saturated carbocycles. The number of hydrogen-bond acceptors (Lipinski definition) is 4. The monoisotopic (exact) mass is 224 g/mol. The van der Waals surface area contributed by atoms with E-state index in [0.29, 0.717) is 4.88 Å². The second-order valence-electron chi connectivity index (χ2n) is 2.95. The minimum atomic E-state index is -0.0241. The van der Waals surface area contributed by atoms with E-state index in [1.54, 1.807) is 0 Å². The molecule has 2 aromatic rings. The normalized spacial score (nSPS) is 10.7. The molecular formula is C10H8O2S2. The molecule has 0 aliphatic heterocycles. The number of carbonyl (C=O) groups is 1. The van der Waals surface area contributed by atoms with Crippen LogP contribution >= 0.6 is 24.0 Å². The lowest BCUT2D eigenvalue weighted by Gasteiger charge is -1.99. The van der Waals surface area contributed by atoms with E-state index in [4.69, 9.17) is 5.11 Å². The smallest absolute Gasteiger partial charge is 0.160 e. The molecular weight excluding hydrogens is 216 g/mol. The van der Waals surface area contributed by atoms with Crippen molar-refractivity contribution in [2.75, 3.05) is 0 Å². The van der Waals surface area contributed by atoms with E-state index in [-0.39, 0.29) is 6.61 Å². The minimum absolute atomic E-state index is 0.0241. The van der Waals surface area contributed by atoms with Gasteiger partial charge >= 0.3 is 0 Å². The lowest BCUT2D eigenvalue weighted by Crippen LogP contribution is -1.82. The molecule has 0 bridgehead atoms. The first-order chi connectivity index (χ1) is 6.74. The van der Waals surface area contributed by atoms with Crippen LogP contribution in [0.1, 0.15) is 15.2 Å². The molecule has 1 heterocycles. The Labute approximate surface area is 90.6 Å². The first-order valence-corrected chi connectivity index (χ1v) is 5.32. The van der Waals surface area contributed by atoms with Gasteiger partial charge in [-0.1, -0.05) is 0 Å². The van der Waals surface area contributed by atoms with Gasteiger partial charge in [-0.2, -0.15) is 0 Å². The maximum atomic E-state index is 10.6. The van der Waals surface area contributed by atoms with E-state index < -0.39 is 0 Å². The molecule has 1 N–H and O–H groups in total. The number of carbonyl (C=O) groups excluding carboxylic acids is 1. The summed E-state index contributed by atoms with van der Waals surface area (Å²) in [7, 11) is 0. The van der Waals surface area contributed by atoms with Crippen molar-refractivity contribution in [2.45, 2.75) is 11.5 Å². The number of benzene rings is 1. The fraction of sp³-hybridized carbons (Fsp3) is 0.100. The third kappa shape index (κ3) is 1.56. The zero-order chi connectivity index (χ0) is 10.1. The minimum Gasteiger partial charge on any atom is -0.392 e. The second-order valence-corrected chi connectivity index (χ2v) is 4.55. The predicted molar refractivity (Wildman–Crippen MR) is 60.4 cm³/mol. The van der Waals surface area contributed by atoms with E-state index in [9.17, 15) is 4.79 Å².